The summed E-state index contributed by atoms with van der Waals surface area (Å²) in [7, 11) is 0. The van der Waals surface area contributed by atoms with E-state index in [-0.39, 0.29) is 0 Å². The second kappa shape index (κ2) is 49.7. The molecule has 150 heavy (non-hydrogen) atoms. The summed E-state index contributed by atoms with van der Waals surface area (Å²) in [4.78, 5) is 0. The first-order valence-electron chi connectivity index (χ1n) is 51.8. The van der Waals surface area contributed by atoms with Crippen LogP contribution in [0, 0.1) is 41.5 Å². The van der Waals surface area contributed by atoms with E-state index >= 15 is 0 Å². The first kappa shape index (κ1) is 100.0. The van der Waals surface area contributed by atoms with Gasteiger partial charge in [0, 0.05) is 0 Å². The van der Waals surface area contributed by atoms with E-state index < -0.39 is 0 Å². The molecule has 0 nitrogen and oxygen atoms in total. The van der Waals surface area contributed by atoms with Gasteiger partial charge in [0.25, 0.3) is 0 Å². The van der Waals surface area contributed by atoms with Gasteiger partial charge in [0.2, 0.25) is 0 Å². The quantitative estimate of drug-likeness (QED) is 0.0803. The zero-order valence-electron chi connectivity index (χ0n) is 85.9. The Balaban J connectivity index is 0.000000113. The fourth-order valence-electron chi connectivity index (χ4n) is 19.7. The monoisotopic (exact) mass is 1920 g/mol. The minimum Gasteiger partial charge on any atom is -0.0622 e. The van der Waals surface area contributed by atoms with Gasteiger partial charge in [0.05, 0.1) is 0 Å². The molecule has 24 aromatic carbocycles. The number of hydrogen-bond acceptors (Lipinski definition) is 0. The lowest BCUT2D eigenvalue weighted by molar-refractivity contribution is 1.45. The maximum atomic E-state index is 2.29. The normalized spacial score (nSPS) is 10.6. The fourth-order valence-corrected chi connectivity index (χ4v) is 19.7. The number of rotatable bonds is 18. The van der Waals surface area contributed by atoms with Gasteiger partial charge in [-0.25, -0.2) is 0 Å². The molecule has 720 valence electrons. The minimum absolute atomic E-state index is 1.25. The van der Waals surface area contributed by atoms with Crippen molar-refractivity contribution in [1.82, 2.24) is 0 Å². The molecular formula is C150H120. The fraction of sp³-hybridized carbons (Fsp3) is 0.0400. The van der Waals surface area contributed by atoms with E-state index in [4.69, 9.17) is 0 Å². The molecule has 0 radical (unpaired) electrons. The maximum absolute atomic E-state index is 2.29. The molecule has 24 aromatic rings. The first-order chi connectivity index (χ1) is 73.9. The van der Waals surface area contributed by atoms with Crippen LogP contribution in [0.25, 0.3) is 200 Å². The van der Waals surface area contributed by atoms with Crippen molar-refractivity contribution in [1.29, 1.82) is 0 Å². The number of aryl methyl sites for hydroxylation is 6. The van der Waals surface area contributed by atoms with Gasteiger partial charge in [0.1, 0.15) is 0 Å². The zero-order valence-corrected chi connectivity index (χ0v) is 85.9. The lowest BCUT2D eigenvalue weighted by atomic mass is 9.88. The van der Waals surface area contributed by atoms with Crippen molar-refractivity contribution in [2.75, 3.05) is 0 Å². The van der Waals surface area contributed by atoms with Crippen LogP contribution in [0.3, 0.4) is 0 Å². The molecule has 0 aromatic heterocycles. The van der Waals surface area contributed by atoms with Gasteiger partial charge in [0.15, 0.2) is 0 Å². The van der Waals surface area contributed by atoms with Crippen molar-refractivity contribution >= 4 is 0 Å². The topological polar surface area (TPSA) is 0 Å². The van der Waals surface area contributed by atoms with Crippen LogP contribution < -0.4 is 0 Å². The van der Waals surface area contributed by atoms with Gasteiger partial charge in [-0.05, 0) is 282 Å². The van der Waals surface area contributed by atoms with Gasteiger partial charge in [-0.2, -0.15) is 0 Å². The Kier molecular flexibility index (Phi) is 33.1. The van der Waals surface area contributed by atoms with Gasteiger partial charge < -0.3 is 0 Å². The van der Waals surface area contributed by atoms with Crippen LogP contribution in [0.15, 0.2) is 619 Å². The Morgan fingerprint density at radius 1 is 0.0733 bits per heavy atom. The van der Waals surface area contributed by atoms with Crippen molar-refractivity contribution in [3.63, 3.8) is 0 Å². The summed E-state index contributed by atoms with van der Waals surface area (Å²) >= 11 is 0. The third kappa shape index (κ3) is 25.2. The average Bonchev–Trinajstić information content (AvgIpc) is 0.793. The highest BCUT2D eigenvalue weighted by Crippen LogP contribution is 2.45. The Labute approximate surface area is 887 Å². The van der Waals surface area contributed by atoms with Crippen LogP contribution in [-0.2, 0) is 0 Å². The Morgan fingerprint density at radius 3 is 0.553 bits per heavy atom. The second-order valence-electron chi connectivity index (χ2n) is 38.0. The molecule has 0 N–H and O–H groups in total. The highest BCUT2D eigenvalue weighted by atomic mass is 14.2. The van der Waals surface area contributed by atoms with E-state index in [2.05, 4.69) is 660 Å². The molecule has 0 atom stereocenters. The van der Waals surface area contributed by atoms with E-state index in [1.165, 1.54) is 234 Å². The van der Waals surface area contributed by atoms with Gasteiger partial charge in [-0.1, -0.05) is 612 Å². The highest BCUT2D eigenvalue weighted by molar-refractivity contribution is 5.96. The van der Waals surface area contributed by atoms with E-state index in [9.17, 15) is 0 Å². The van der Waals surface area contributed by atoms with Crippen molar-refractivity contribution in [2.24, 2.45) is 0 Å². The molecule has 0 unspecified atom stereocenters. The minimum atomic E-state index is 1.25. The van der Waals surface area contributed by atoms with E-state index in [1.54, 1.807) is 0 Å². The molecular weight excluding hydrogens is 1800 g/mol. The van der Waals surface area contributed by atoms with E-state index in [0.717, 1.165) is 0 Å². The van der Waals surface area contributed by atoms with Crippen LogP contribution in [0.4, 0.5) is 0 Å². The SMILES string of the molecule is Cc1cc(-c2ccccc2)cc(-c2ccc(-c3ccccc3)cc2)c1.Cc1ccc(-c2ccc(-c3ccccc3)cc2)cc1-c1ccccc1.Cc1ccc(-c2ccccc2)cc1-c1ccc(-c2ccccc2)cc1.Cc1ccc(-c2ccccc2-c2ccccc2-c2ccccc2)cc1.Cc1cccc(-c2ccccc2-c2ccccc2-c2ccccc2)c1.Cc1ccccc1-c1ccccc1-c1ccccc1-c1ccccc1. The van der Waals surface area contributed by atoms with E-state index in [1.807, 2.05) is 0 Å². The smallest absolute Gasteiger partial charge is 0.00991 e. The van der Waals surface area contributed by atoms with Crippen molar-refractivity contribution in [2.45, 2.75) is 41.5 Å². The molecule has 0 heterocycles. The summed E-state index contributed by atoms with van der Waals surface area (Å²) in [6, 6.07) is 220. The first-order valence-corrected chi connectivity index (χ1v) is 51.8. The van der Waals surface area contributed by atoms with Crippen LogP contribution in [-0.4, -0.2) is 0 Å². The second-order valence-corrected chi connectivity index (χ2v) is 38.0. The largest absolute Gasteiger partial charge is 0.0622 e. The standard InChI is InChI=1S/6C25H20/c1-19-16-24(21-10-6-3-7-11-21)18-25(17-19)23-14-12-22(13-15-23)20-8-4-2-5-9-20;1-19-12-13-24(18-25(19)23-10-6-3-7-11-23)22-16-14-21(15-17-22)20-8-4-2-5-9-20;1-19-12-13-24(21-10-6-3-7-11-21)18-25(19)23-16-14-22(15-17-23)20-8-4-2-5-9-20;1-19-10-9-13-21(18-19)23-15-6-8-17-25(23)24-16-7-5-14-22(24)20-11-3-2-4-12-20;1-19-15-17-21(18-16-19)23-12-6-8-14-25(23)24-13-7-5-11-22(24)20-9-3-2-4-10-20;1-19-11-5-6-14-21(19)23-16-9-10-18-25(23)24-17-8-7-15-22(24)20-12-3-2-4-13-20/h6*2-18H,1H3. The summed E-state index contributed by atoms with van der Waals surface area (Å²) in [5.74, 6) is 0. The Hall–Kier alpha value is -18.7. The molecule has 0 saturated heterocycles. The van der Waals surface area contributed by atoms with Crippen molar-refractivity contribution < 1.29 is 0 Å². The summed E-state index contributed by atoms with van der Waals surface area (Å²) in [6.07, 6.45) is 0. The molecule has 0 fully saturated rings. The third-order valence-electron chi connectivity index (χ3n) is 27.6. The average molecular weight is 1920 g/mol. The Bertz CT molecular complexity index is 8480. The van der Waals surface area contributed by atoms with Gasteiger partial charge in [-0.3, -0.25) is 0 Å². The highest BCUT2D eigenvalue weighted by Gasteiger charge is 2.19. The lowest BCUT2D eigenvalue weighted by Gasteiger charge is -2.15. The summed E-state index contributed by atoms with van der Waals surface area (Å²) in [5, 5.41) is 0. The molecule has 0 heteroatoms. The van der Waals surface area contributed by atoms with Crippen molar-refractivity contribution in [3.8, 4) is 200 Å². The maximum Gasteiger partial charge on any atom is -0.00991 e. The lowest BCUT2D eigenvalue weighted by Crippen LogP contribution is -1.90. The molecule has 0 bridgehead atoms. The summed E-state index contributed by atoms with van der Waals surface area (Å²) in [5.41, 5.74) is 53.2. The van der Waals surface area contributed by atoms with Crippen LogP contribution >= 0.6 is 0 Å². The number of benzene rings is 24. The van der Waals surface area contributed by atoms with Crippen LogP contribution in [0.5, 0.6) is 0 Å². The third-order valence-corrected chi connectivity index (χ3v) is 27.6. The molecule has 0 saturated carbocycles. The molecule has 0 amide bonds. The molecule has 0 aliphatic carbocycles. The molecule has 0 aliphatic rings. The van der Waals surface area contributed by atoms with E-state index in [0.29, 0.717) is 0 Å². The molecule has 24 rings (SSSR count). The van der Waals surface area contributed by atoms with Crippen LogP contribution in [0.1, 0.15) is 33.4 Å². The summed E-state index contributed by atoms with van der Waals surface area (Å²) in [6.45, 7) is 13.0. The van der Waals surface area contributed by atoms with Gasteiger partial charge in [-0.15, -0.1) is 0 Å². The Morgan fingerprint density at radius 2 is 0.247 bits per heavy atom. The number of hydrogen-bond donors (Lipinski definition) is 0. The summed E-state index contributed by atoms with van der Waals surface area (Å²) < 4.78 is 0. The predicted molar refractivity (Wildman–Crippen MR) is 645 cm³/mol. The van der Waals surface area contributed by atoms with Crippen LogP contribution in [0.2, 0.25) is 0 Å². The predicted octanol–water partition coefficient (Wildman–Crippen LogP) is 42.0. The zero-order chi connectivity index (χ0) is 102. The van der Waals surface area contributed by atoms with Gasteiger partial charge >= 0.3 is 0 Å². The van der Waals surface area contributed by atoms with Crippen molar-refractivity contribution in [3.05, 3.63) is 652 Å². The molecule has 0 spiro atoms. The molecule has 0 aliphatic heterocycles.